The number of carbonyl (C=O) groups excluding carboxylic acids is 2. The average molecular weight is 275 g/mol. The van der Waals surface area contributed by atoms with Crippen molar-refractivity contribution in [1.82, 2.24) is 10.6 Å². The minimum Gasteiger partial charge on any atom is -0.458 e. The number of hydrogen-bond donors (Lipinski definition) is 3. The van der Waals surface area contributed by atoms with Gasteiger partial charge in [-0.2, -0.15) is 0 Å². The molecule has 0 aromatic carbocycles. The van der Waals surface area contributed by atoms with Crippen LogP contribution in [0.2, 0.25) is 0 Å². The number of ether oxygens (including phenoxy) is 1. The molecular formula is C11H21N3O3S. The number of thiocarbonyl (C=S) groups is 1. The van der Waals surface area contributed by atoms with Crippen molar-refractivity contribution in [2.24, 2.45) is 5.73 Å². The second-order valence-corrected chi connectivity index (χ2v) is 5.34. The molecule has 0 aliphatic rings. The van der Waals surface area contributed by atoms with Gasteiger partial charge in [0, 0.05) is 13.5 Å². The van der Waals surface area contributed by atoms with E-state index in [0.29, 0.717) is 17.8 Å². The molecule has 0 fully saturated rings. The van der Waals surface area contributed by atoms with E-state index < -0.39 is 23.6 Å². The maximum absolute atomic E-state index is 11.9. The van der Waals surface area contributed by atoms with E-state index in [-0.39, 0.29) is 0 Å². The summed E-state index contributed by atoms with van der Waals surface area (Å²) in [6.45, 7) is 5.28. The van der Waals surface area contributed by atoms with Gasteiger partial charge < -0.3 is 21.1 Å². The number of hydrogen-bond acceptors (Lipinski definition) is 4. The zero-order valence-electron chi connectivity index (χ0n) is 11.2. The lowest BCUT2D eigenvalue weighted by molar-refractivity contribution is -0.157. The molecule has 1 unspecified atom stereocenters. The summed E-state index contributed by atoms with van der Waals surface area (Å²) >= 11 is 4.75. The Morgan fingerprint density at radius 3 is 2.33 bits per heavy atom. The summed E-state index contributed by atoms with van der Waals surface area (Å²) in [6, 6.07) is -1.21. The highest BCUT2D eigenvalue weighted by atomic mass is 32.1. The summed E-state index contributed by atoms with van der Waals surface area (Å²) in [5.41, 5.74) is 4.77. The zero-order valence-corrected chi connectivity index (χ0v) is 12.0. The lowest BCUT2D eigenvalue weighted by Crippen LogP contribution is -2.47. The van der Waals surface area contributed by atoms with Crippen molar-refractivity contribution in [3.63, 3.8) is 0 Å². The highest BCUT2D eigenvalue weighted by molar-refractivity contribution is 7.80. The molecule has 6 nitrogen and oxygen atoms in total. The lowest BCUT2D eigenvalue weighted by Gasteiger charge is -2.24. The molecule has 0 rings (SSSR count). The van der Waals surface area contributed by atoms with Crippen molar-refractivity contribution in [2.75, 3.05) is 7.05 Å². The number of urea groups is 1. The third-order valence-electron chi connectivity index (χ3n) is 1.90. The van der Waals surface area contributed by atoms with Crippen LogP contribution in [0.1, 0.15) is 33.6 Å². The van der Waals surface area contributed by atoms with Crippen molar-refractivity contribution >= 4 is 29.2 Å². The normalized spacial score (nSPS) is 12.4. The van der Waals surface area contributed by atoms with Crippen molar-refractivity contribution in [3.8, 4) is 0 Å². The topological polar surface area (TPSA) is 93.5 Å². The molecule has 0 aliphatic heterocycles. The third kappa shape index (κ3) is 7.83. The molecule has 1 atom stereocenters. The second kappa shape index (κ2) is 7.15. The van der Waals surface area contributed by atoms with E-state index >= 15 is 0 Å². The predicted molar refractivity (Wildman–Crippen MR) is 73.2 cm³/mol. The molecule has 0 bridgehead atoms. The van der Waals surface area contributed by atoms with Gasteiger partial charge in [0.05, 0.1) is 4.99 Å². The number of nitrogens with two attached hydrogens (primary N) is 1. The van der Waals surface area contributed by atoms with E-state index in [9.17, 15) is 9.59 Å². The van der Waals surface area contributed by atoms with Gasteiger partial charge in [-0.15, -0.1) is 0 Å². The molecule has 4 N–H and O–H groups in total. The maximum atomic E-state index is 11.9. The standard InChI is InChI=1S/C11H21N3O3S/c1-11(2,3)17-9(15)7(5-6-8(12)18)14-10(16)13-4/h7H,5-6H2,1-4H3,(H2,12,18)(H2,13,14,16). The molecule has 0 radical (unpaired) electrons. The summed E-state index contributed by atoms with van der Waals surface area (Å²) in [7, 11) is 1.47. The maximum Gasteiger partial charge on any atom is 0.329 e. The van der Waals surface area contributed by atoms with Gasteiger partial charge in [0.15, 0.2) is 0 Å². The smallest absolute Gasteiger partial charge is 0.329 e. The van der Waals surface area contributed by atoms with Gasteiger partial charge in [-0.3, -0.25) is 0 Å². The van der Waals surface area contributed by atoms with Gasteiger partial charge in [0.2, 0.25) is 0 Å². The van der Waals surface area contributed by atoms with Crippen LogP contribution in [-0.4, -0.2) is 35.7 Å². The van der Waals surface area contributed by atoms with Crippen molar-refractivity contribution < 1.29 is 14.3 Å². The summed E-state index contributed by atoms with van der Waals surface area (Å²) in [4.78, 5) is 23.4. The van der Waals surface area contributed by atoms with Crippen LogP contribution in [0.15, 0.2) is 0 Å². The monoisotopic (exact) mass is 275 g/mol. The van der Waals surface area contributed by atoms with Crippen LogP contribution < -0.4 is 16.4 Å². The summed E-state index contributed by atoms with van der Waals surface area (Å²) < 4.78 is 5.21. The molecule has 104 valence electrons. The fraction of sp³-hybridized carbons (Fsp3) is 0.727. The first-order chi connectivity index (χ1) is 8.15. The number of nitrogens with one attached hydrogen (secondary N) is 2. The molecule has 2 amide bonds. The average Bonchev–Trinajstić information content (AvgIpc) is 2.20. The van der Waals surface area contributed by atoms with E-state index in [2.05, 4.69) is 10.6 Å². The van der Waals surface area contributed by atoms with Crippen molar-refractivity contribution in [2.45, 2.75) is 45.3 Å². The van der Waals surface area contributed by atoms with Crippen LogP contribution in [0, 0.1) is 0 Å². The molecule has 0 aromatic rings. The number of amides is 2. The highest BCUT2D eigenvalue weighted by Crippen LogP contribution is 2.10. The molecule has 7 heteroatoms. The fourth-order valence-corrected chi connectivity index (χ4v) is 1.26. The summed E-state index contributed by atoms with van der Waals surface area (Å²) in [5, 5.41) is 4.88. The van der Waals surface area contributed by atoms with E-state index in [1.54, 1.807) is 20.8 Å². The third-order valence-corrected chi connectivity index (χ3v) is 2.11. The first-order valence-electron chi connectivity index (χ1n) is 5.65. The van der Waals surface area contributed by atoms with E-state index in [0.717, 1.165) is 0 Å². The summed E-state index contributed by atoms with van der Waals surface area (Å²) in [5.74, 6) is -0.498. The van der Waals surface area contributed by atoms with Gasteiger partial charge >= 0.3 is 12.0 Å². The largest absolute Gasteiger partial charge is 0.458 e. The van der Waals surface area contributed by atoms with Crippen LogP contribution in [0.25, 0.3) is 0 Å². The SMILES string of the molecule is CNC(=O)NC(CCC(N)=S)C(=O)OC(C)(C)C. The quantitative estimate of drug-likeness (QED) is 0.507. The Morgan fingerprint density at radius 1 is 1.39 bits per heavy atom. The van der Waals surface area contributed by atoms with Gasteiger partial charge in [0.25, 0.3) is 0 Å². The van der Waals surface area contributed by atoms with Crippen LogP contribution in [0.5, 0.6) is 0 Å². The molecule has 0 heterocycles. The number of rotatable bonds is 5. The van der Waals surface area contributed by atoms with Gasteiger partial charge in [-0.05, 0) is 27.2 Å². The molecule has 0 saturated carbocycles. The number of esters is 1. The Morgan fingerprint density at radius 2 is 1.94 bits per heavy atom. The molecule has 0 aliphatic carbocycles. The summed E-state index contributed by atoms with van der Waals surface area (Å²) in [6.07, 6.45) is 0.681. The van der Waals surface area contributed by atoms with Crippen LogP contribution >= 0.6 is 12.2 Å². The van der Waals surface area contributed by atoms with Gasteiger partial charge in [-0.25, -0.2) is 9.59 Å². The first kappa shape index (κ1) is 16.6. The van der Waals surface area contributed by atoms with E-state index in [1.165, 1.54) is 7.05 Å². The minimum absolute atomic E-state index is 0.294. The van der Waals surface area contributed by atoms with Crippen molar-refractivity contribution in [3.05, 3.63) is 0 Å². The minimum atomic E-state index is -0.759. The predicted octanol–water partition coefficient (Wildman–Crippen LogP) is 0.692. The van der Waals surface area contributed by atoms with E-state index in [4.69, 9.17) is 22.7 Å². The van der Waals surface area contributed by atoms with Crippen molar-refractivity contribution in [1.29, 1.82) is 0 Å². The number of carbonyl (C=O) groups is 2. The Balaban J connectivity index is 4.58. The Hall–Kier alpha value is -1.37. The second-order valence-electron chi connectivity index (χ2n) is 4.81. The van der Waals surface area contributed by atoms with E-state index in [1.807, 2.05) is 0 Å². The molecule has 0 aromatic heterocycles. The molecular weight excluding hydrogens is 254 g/mol. The Labute approximate surface area is 113 Å². The lowest BCUT2D eigenvalue weighted by atomic mass is 10.1. The van der Waals surface area contributed by atoms with Gasteiger partial charge in [0.1, 0.15) is 11.6 Å². The zero-order chi connectivity index (χ0) is 14.3. The van der Waals surface area contributed by atoms with Crippen LogP contribution in [-0.2, 0) is 9.53 Å². The molecule has 0 saturated heterocycles. The Bertz CT molecular complexity index is 326. The fourth-order valence-electron chi connectivity index (χ4n) is 1.14. The van der Waals surface area contributed by atoms with Crippen LogP contribution in [0.3, 0.4) is 0 Å². The first-order valence-corrected chi connectivity index (χ1v) is 6.06. The molecule has 0 spiro atoms. The molecule has 18 heavy (non-hydrogen) atoms. The van der Waals surface area contributed by atoms with Crippen LogP contribution in [0.4, 0.5) is 4.79 Å². The van der Waals surface area contributed by atoms with Gasteiger partial charge in [-0.1, -0.05) is 12.2 Å². The highest BCUT2D eigenvalue weighted by Gasteiger charge is 2.26. The Kier molecular flexibility index (Phi) is 6.61.